The van der Waals surface area contributed by atoms with Gasteiger partial charge in [-0.25, -0.2) is 4.39 Å². The maximum absolute atomic E-state index is 12.9. The van der Waals surface area contributed by atoms with Gasteiger partial charge >= 0.3 is 0 Å². The highest BCUT2D eigenvalue weighted by Crippen LogP contribution is 2.11. The Morgan fingerprint density at radius 1 is 1.43 bits per heavy atom. The second kappa shape index (κ2) is 10.2. The Hall–Kier alpha value is -1.54. The molecule has 0 aliphatic rings. The standard InChI is InChI=1S/C13H18FN3O2S2/c1-21-7-3-6-15-13(20)17-16-12(18)9-19-11-5-2-4-10(14)8-11/h2,4-5,8H,3,6-7,9H2,1H3,(H,16,18)(H2,15,17,20). The summed E-state index contributed by atoms with van der Waals surface area (Å²) in [6.45, 7) is 0.508. The molecule has 0 saturated heterocycles. The number of hydrogen-bond donors (Lipinski definition) is 3. The van der Waals surface area contributed by atoms with E-state index in [9.17, 15) is 9.18 Å². The molecular formula is C13H18FN3O2S2. The molecule has 8 heteroatoms. The average Bonchev–Trinajstić information content (AvgIpc) is 2.47. The van der Waals surface area contributed by atoms with E-state index in [1.807, 2.05) is 6.26 Å². The zero-order chi connectivity index (χ0) is 15.5. The van der Waals surface area contributed by atoms with Gasteiger partial charge in [0.1, 0.15) is 11.6 Å². The minimum atomic E-state index is -0.415. The van der Waals surface area contributed by atoms with Crippen LogP contribution in [0.4, 0.5) is 4.39 Å². The molecule has 0 aliphatic carbocycles. The van der Waals surface area contributed by atoms with Gasteiger partial charge < -0.3 is 10.1 Å². The maximum Gasteiger partial charge on any atom is 0.276 e. The van der Waals surface area contributed by atoms with Gasteiger partial charge in [-0.1, -0.05) is 6.07 Å². The molecule has 0 unspecified atom stereocenters. The van der Waals surface area contributed by atoms with Crippen molar-refractivity contribution in [2.45, 2.75) is 6.42 Å². The molecule has 0 saturated carbocycles. The molecule has 0 heterocycles. The normalized spacial score (nSPS) is 9.81. The smallest absolute Gasteiger partial charge is 0.276 e. The number of ether oxygens (including phenoxy) is 1. The van der Waals surface area contributed by atoms with Crippen molar-refractivity contribution in [2.75, 3.05) is 25.2 Å². The summed E-state index contributed by atoms with van der Waals surface area (Å²) in [5, 5.41) is 3.30. The van der Waals surface area contributed by atoms with E-state index in [0.29, 0.717) is 10.9 Å². The summed E-state index contributed by atoms with van der Waals surface area (Å²) >= 11 is 6.74. The van der Waals surface area contributed by atoms with Crippen LogP contribution in [0.1, 0.15) is 6.42 Å². The van der Waals surface area contributed by atoms with Gasteiger partial charge in [0.05, 0.1) is 0 Å². The number of amides is 1. The predicted molar refractivity (Wildman–Crippen MR) is 86.8 cm³/mol. The van der Waals surface area contributed by atoms with Crippen LogP contribution in [0, 0.1) is 5.82 Å². The lowest BCUT2D eigenvalue weighted by atomic mass is 10.3. The number of benzene rings is 1. The van der Waals surface area contributed by atoms with Crippen molar-refractivity contribution < 1.29 is 13.9 Å². The minimum Gasteiger partial charge on any atom is -0.484 e. The van der Waals surface area contributed by atoms with E-state index in [-0.39, 0.29) is 6.61 Å². The first-order chi connectivity index (χ1) is 10.1. The monoisotopic (exact) mass is 331 g/mol. The van der Waals surface area contributed by atoms with E-state index < -0.39 is 11.7 Å². The van der Waals surface area contributed by atoms with Gasteiger partial charge in [-0.15, -0.1) is 0 Å². The number of carbonyl (C=O) groups excluding carboxylic acids is 1. The third-order valence-corrected chi connectivity index (χ3v) is 3.24. The third kappa shape index (κ3) is 8.36. The summed E-state index contributed by atoms with van der Waals surface area (Å²) in [4.78, 5) is 11.5. The number of carbonyl (C=O) groups is 1. The van der Waals surface area contributed by atoms with Crippen LogP contribution in [0.3, 0.4) is 0 Å². The Morgan fingerprint density at radius 2 is 2.24 bits per heavy atom. The zero-order valence-corrected chi connectivity index (χ0v) is 13.3. The number of thiocarbonyl (C=S) groups is 1. The van der Waals surface area contributed by atoms with Crippen LogP contribution in [0.2, 0.25) is 0 Å². The number of hydrogen-bond acceptors (Lipinski definition) is 4. The zero-order valence-electron chi connectivity index (χ0n) is 11.6. The van der Waals surface area contributed by atoms with E-state index in [1.54, 1.807) is 17.8 Å². The van der Waals surface area contributed by atoms with Gasteiger partial charge in [-0.2, -0.15) is 11.8 Å². The SMILES string of the molecule is CSCCCNC(=S)NNC(=O)COc1cccc(F)c1. The average molecular weight is 331 g/mol. The van der Waals surface area contributed by atoms with Crippen LogP contribution in [-0.2, 0) is 4.79 Å². The fourth-order valence-electron chi connectivity index (χ4n) is 1.33. The molecule has 5 nitrogen and oxygen atoms in total. The maximum atomic E-state index is 12.9. The molecule has 3 N–H and O–H groups in total. The van der Waals surface area contributed by atoms with Crippen molar-refractivity contribution >= 4 is 35.0 Å². The first-order valence-corrected chi connectivity index (χ1v) is 8.12. The molecule has 0 spiro atoms. The Morgan fingerprint density at radius 3 is 2.95 bits per heavy atom. The number of nitrogens with one attached hydrogen (secondary N) is 3. The molecule has 1 rings (SSSR count). The van der Waals surface area contributed by atoms with Gasteiger partial charge in [0.15, 0.2) is 11.7 Å². The van der Waals surface area contributed by atoms with Gasteiger partial charge in [0.25, 0.3) is 5.91 Å². The molecule has 116 valence electrons. The van der Waals surface area contributed by atoms with Crippen molar-refractivity contribution in [2.24, 2.45) is 0 Å². The predicted octanol–water partition coefficient (Wildman–Crippen LogP) is 1.45. The fraction of sp³-hybridized carbons (Fsp3) is 0.385. The number of rotatable bonds is 7. The van der Waals surface area contributed by atoms with Crippen LogP contribution < -0.4 is 20.9 Å². The summed E-state index contributed by atoms with van der Waals surface area (Å²) in [6.07, 6.45) is 3.02. The van der Waals surface area contributed by atoms with Crippen LogP contribution in [-0.4, -0.2) is 36.2 Å². The summed E-state index contributed by atoms with van der Waals surface area (Å²) < 4.78 is 18.0. The van der Waals surface area contributed by atoms with Crippen molar-refractivity contribution in [3.05, 3.63) is 30.1 Å². The summed E-state index contributed by atoms with van der Waals surface area (Å²) in [7, 11) is 0. The van der Waals surface area contributed by atoms with Crippen molar-refractivity contribution in [1.82, 2.24) is 16.2 Å². The first kappa shape index (κ1) is 17.5. The molecule has 0 atom stereocenters. The number of halogens is 1. The lowest BCUT2D eigenvalue weighted by molar-refractivity contribution is -0.123. The van der Waals surface area contributed by atoms with Crippen LogP contribution in [0.15, 0.2) is 24.3 Å². The molecule has 1 aromatic carbocycles. The van der Waals surface area contributed by atoms with Gasteiger partial charge in [-0.05, 0) is 42.8 Å². The molecular weight excluding hydrogens is 313 g/mol. The van der Waals surface area contributed by atoms with Crippen LogP contribution in [0.5, 0.6) is 5.75 Å². The Balaban J connectivity index is 2.15. The molecule has 21 heavy (non-hydrogen) atoms. The number of thioether (sulfide) groups is 1. The van der Waals surface area contributed by atoms with Gasteiger partial charge in [0.2, 0.25) is 0 Å². The third-order valence-electron chi connectivity index (χ3n) is 2.29. The second-order valence-electron chi connectivity index (χ2n) is 4.02. The summed E-state index contributed by atoms with van der Waals surface area (Å²) in [6, 6.07) is 5.59. The van der Waals surface area contributed by atoms with Gasteiger partial charge in [-0.3, -0.25) is 15.6 Å². The highest BCUT2D eigenvalue weighted by molar-refractivity contribution is 7.98. The quantitative estimate of drug-likeness (QED) is 0.399. The topological polar surface area (TPSA) is 62.4 Å². The lowest BCUT2D eigenvalue weighted by Crippen LogP contribution is -2.48. The molecule has 1 aromatic rings. The van der Waals surface area contributed by atoms with Crippen molar-refractivity contribution in [1.29, 1.82) is 0 Å². The highest BCUT2D eigenvalue weighted by atomic mass is 32.2. The summed E-state index contributed by atoms with van der Waals surface area (Å²) in [5.41, 5.74) is 4.96. The Kier molecular flexibility index (Phi) is 8.53. The van der Waals surface area contributed by atoms with Crippen LogP contribution >= 0.6 is 24.0 Å². The Bertz CT molecular complexity index is 474. The van der Waals surface area contributed by atoms with E-state index >= 15 is 0 Å². The van der Waals surface area contributed by atoms with Crippen molar-refractivity contribution in [3.63, 3.8) is 0 Å². The van der Waals surface area contributed by atoms with Crippen molar-refractivity contribution in [3.8, 4) is 5.75 Å². The minimum absolute atomic E-state index is 0.231. The largest absolute Gasteiger partial charge is 0.484 e. The fourth-order valence-corrected chi connectivity index (χ4v) is 1.92. The van der Waals surface area contributed by atoms with Gasteiger partial charge in [0, 0.05) is 12.6 Å². The first-order valence-electron chi connectivity index (χ1n) is 6.32. The van der Waals surface area contributed by atoms with E-state index in [0.717, 1.165) is 18.7 Å². The Labute approximate surface area is 133 Å². The molecule has 0 bridgehead atoms. The second-order valence-corrected chi connectivity index (χ2v) is 5.42. The molecule has 1 amide bonds. The summed E-state index contributed by atoms with van der Waals surface area (Å²) in [5.74, 6) is 0.515. The lowest BCUT2D eigenvalue weighted by Gasteiger charge is -2.11. The van der Waals surface area contributed by atoms with E-state index in [1.165, 1.54) is 18.2 Å². The molecule has 0 aromatic heterocycles. The van der Waals surface area contributed by atoms with E-state index in [2.05, 4.69) is 16.2 Å². The van der Waals surface area contributed by atoms with Crippen LogP contribution in [0.25, 0.3) is 0 Å². The molecule has 0 aliphatic heterocycles. The highest BCUT2D eigenvalue weighted by Gasteiger charge is 2.04. The van der Waals surface area contributed by atoms with E-state index in [4.69, 9.17) is 17.0 Å². The molecule has 0 radical (unpaired) electrons. The number of hydrazine groups is 1. The molecule has 0 fully saturated rings.